The SMILES string of the molecule is CCC(CNC(=O)[C@H](N)CCSC)CC(=O)O. The van der Waals surface area contributed by atoms with E-state index in [2.05, 4.69) is 5.32 Å². The first-order valence-electron chi connectivity index (χ1n) is 5.75. The van der Waals surface area contributed by atoms with Gasteiger partial charge in [0.05, 0.1) is 6.04 Å². The first kappa shape index (κ1) is 16.2. The highest BCUT2D eigenvalue weighted by molar-refractivity contribution is 7.98. The first-order chi connectivity index (χ1) is 8.01. The number of carbonyl (C=O) groups is 2. The Morgan fingerprint density at radius 3 is 2.59 bits per heavy atom. The van der Waals surface area contributed by atoms with E-state index in [1.807, 2.05) is 13.2 Å². The van der Waals surface area contributed by atoms with Crippen molar-refractivity contribution in [3.8, 4) is 0 Å². The van der Waals surface area contributed by atoms with Crippen LogP contribution in [0.15, 0.2) is 0 Å². The molecule has 0 rings (SSSR count). The number of amides is 1. The Bertz CT molecular complexity index is 249. The van der Waals surface area contributed by atoms with Crippen LogP contribution in [0, 0.1) is 5.92 Å². The van der Waals surface area contributed by atoms with Gasteiger partial charge in [0.15, 0.2) is 0 Å². The van der Waals surface area contributed by atoms with Gasteiger partial charge in [-0.25, -0.2) is 0 Å². The summed E-state index contributed by atoms with van der Waals surface area (Å²) >= 11 is 1.65. The van der Waals surface area contributed by atoms with E-state index in [0.717, 1.165) is 12.2 Å². The van der Waals surface area contributed by atoms with Crippen molar-refractivity contribution in [2.75, 3.05) is 18.6 Å². The van der Waals surface area contributed by atoms with Gasteiger partial charge in [-0.15, -0.1) is 0 Å². The summed E-state index contributed by atoms with van der Waals surface area (Å²) in [5, 5.41) is 11.4. The second-order valence-corrected chi connectivity index (χ2v) is 4.99. The second-order valence-electron chi connectivity index (χ2n) is 4.01. The predicted molar refractivity (Wildman–Crippen MR) is 70.0 cm³/mol. The van der Waals surface area contributed by atoms with Gasteiger partial charge in [0.1, 0.15) is 0 Å². The van der Waals surface area contributed by atoms with Crippen molar-refractivity contribution in [2.24, 2.45) is 11.7 Å². The highest BCUT2D eigenvalue weighted by Gasteiger charge is 2.16. The molecule has 6 heteroatoms. The van der Waals surface area contributed by atoms with E-state index in [9.17, 15) is 9.59 Å². The van der Waals surface area contributed by atoms with Crippen LogP contribution >= 0.6 is 11.8 Å². The summed E-state index contributed by atoms with van der Waals surface area (Å²) in [7, 11) is 0. The molecular weight excluding hydrogens is 240 g/mol. The minimum absolute atomic E-state index is 0.0239. The number of carboxylic acids is 1. The average Bonchev–Trinajstić information content (AvgIpc) is 2.30. The minimum Gasteiger partial charge on any atom is -0.481 e. The second kappa shape index (κ2) is 9.30. The molecule has 100 valence electrons. The maximum absolute atomic E-state index is 11.6. The number of hydrogen-bond donors (Lipinski definition) is 3. The van der Waals surface area contributed by atoms with Crippen molar-refractivity contribution in [1.29, 1.82) is 0 Å². The van der Waals surface area contributed by atoms with Crippen LogP contribution in [-0.2, 0) is 9.59 Å². The molecule has 17 heavy (non-hydrogen) atoms. The number of nitrogens with one attached hydrogen (secondary N) is 1. The van der Waals surface area contributed by atoms with Gasteiger partial charge < -0.3 is 16.2 Å². The lowest BCUT2D eigenvalue weighted by Gasteiger charge is -2.16. The topological polar surface area (TPSA) is 92.4 Å². The molecule has 0 heterocycles. The standard InChI is InChI=1S/C11H22N2O3S/c1-3-8(6-10(14)15)7-13-11(16)9(12)4-5-17-2/h8-9H,3-7,12H2,1-2H3,(H,13,16)(H,14,15)/t8?,9-/m1/s1. The van der Waals surface area contributed by atoms with Gasteiger partial charge in [0.2, 0.25) is 5.91 Å². The molecule has 0 aromatic heterocycles. The summed E-state index contributed by atoms with van der Waals surface area (Å²) < 4.78 is 0. The van der Waals surface area contributed by atoms with Gasteiger partial charge in [-0.3, -0.25) is 9.59 Å². The predicted octanol–water partition coefficient (Wildman–Crippen LogP) is 0.684. The Balaban J connectivity index is 3.90. The third-order valence-electron chi connectivity index (χ3n) is 2.58. The van der Waals surface area contributed by atoms with E-state index >= 15 is 0 Å². The number of rotatable bonds is 9. The van der Waals surface area contributed by atoms with Gasteiger partial charge in [-0.05, 0) is 24.3 Å². The first-order valence-corrected chi connectivity index (χ1v) is 7.14. The molecule has 0 saturated carbocycles. The van der Waals surface area contributed by atoms with Gasteiger partial charge in [-0.2, -0.15) is 11.8 Å². The van der Waals surface area contributed by atoms with E-state index in [4.69, 9.17) is 10.8 Å². The molecule has 0 aromatic rings. The van der Waals surface area contributed by atoms with Crippen LogP contribution in [0.1, 0.15) is 26.2 Å². The molecule has 0 aliphatic carbocycles. The molecule has 4 N–H and O–H groups in total. The minimum atomic E-state index is -0.835. The molecule has 0 radical (unpaired) electrons. The Morgan fingerprint density at radius 2 is 2.12 bits per heavy atom. The Labute approximate surface area is 107 Å². The molecule has 2 atom stereocenters. The maximum atomic E-state index is 11.6. The van der Waals surface area contributed by atoms with E-state index in [0.29, 0.717) is 13.0 Å². The summed E-state index contributed by atoms with van der Waals surface area (Å²) in [6, 6.07) is -0.496. The fourth-order valence-electron chi connectivity index (χ4n) is 1.36. The maximum Gasteiger partial charge on any atom is 0.303 e. The van der Waals surface area contributed by atoms with Gasteiger partial charge >= 0.3 is 5.97 Å². The number of thioether (sulfide) groups is 1. The molecule has 1 unspecified atom stereocenters. The lowest BCUT2D eigenvalue weighted by atomic mass is 10.0. The van der Waals surface area contributed by atoms with E-state index in [1.54, 1.807) is 11.8 Å². The van der Waals surface area contributed by atoms with Crippen molar-refractivity contribution < 1.29 is 14.7 Å². The number of hydrogen-bond acceptors (Lipinski definition) is 4. The van der Waals surface area contributed by atoms with Gasteiger partial charge in [-0.1, -0.05) is 13.3 Å². The summed E-state index contributed by atoms with van der Waals surface area (Å²) in [6.07, 6.45) is 3.41. The van der Waals surface area contributed by atoms with E-state index in [1.165, 1.54) is 0 Å². The third kappa shape index (κ3) is 8.04. The van der Waals surface area contributed by atoms with Crippen molar-refractivity contribution in [3.05, 3.63) is 0 Å². The number of aliphatic carboxylic acids is 1. The Hall–Kier alpha value is -0.750. The van der Waals surface area contributed by atoms with Crippen molar-refractivity contribution >= 4 is 23.6 Å². The summed E-state index contributed by atoms with van der Waals surface area (Å²) in [6.45, 7) is 2.29. The van der Waals surface area contributed by atoms with Crippen molar-refractivity contribution in [3.63, 3.8) is 0 Å². The summed E-state index contributed by atoms with van der Waals surface area (Å²) in [4.78, 5) is 22.1. The van der Waals surface area contributed by atoms with Crippen LogP contribution in [-0.4, -0.2) is 41.6 Å². The fraction of sp³-hybridized carbons (Fsp3) is 0.818. The lowest BCUT2D eigenvalue weighted by molar-refractivity contribution is -0.138. The molecule has 5 nitrogen and oxygen atoms in total. The quantitative estimate of drug-likeness (QED) is 0.568. The molecule has 0 fully saturated rings. The smallest absolute Gasteiger partial charge is 0.303 e. The number of carbonyl (C=O) groups excluding carboxylic acids is 1. The fourth-order valence-corrected chi connectivity index (χ4v) is 1.85. The molecule has 0 bridgehead atoms. The van der Waals surface area contributed by atoms with Crippen LogP contribution in [0.25, 0.3) is 0 Å². The van der Waals surface area contributed by atoms with Gasteiger partial charge in [0, 0.05) is 13.0 Å². The molecule has 0 aliphatic rings. The molecular formula is C11H22N2O3S. The van der Waals surface area contributed by atoms with Crippen LogP contribution in [0.5, 0.6) is 0 Å². The monoisotopic (exact) mass is 262 g/mol. The highest BCUT2D eigenvalue weighted by atomic mass is 32.2. The summed E-state index contributed by atoms with van der Waals surface area (Å²) in [5.41, 5.74) is 5.69. The van der Waals surface area contributed by atoms with Crippen LogP contribution in [0.2, 0.25) is 0 Å². The van der Waals surface area contributed by atoms with Crippen molar-refractivity contribution in [2.45, 2.75) is 32.2 Å². The normalized spacial score (nSPS) is 14.1. The summed E-state index contributed by atoms with van der Waals surface area (Å²) in [5.74, 6) is -0.203. The Kier molecular flexibility index (Phi) is 8.89. The van der Waals surface area contributed by atoms with E-state index in [-0.39, 0.29) is 18.2 Å². The zero-order valence-electron chi connectivity index (χ0n) is 10.4. The molecule has 1 amide bonds. The highest BCUT2D eigenvalue weighted by Crippen LogP contribution is 2.06. The van der Waals surface area contributed by atoms with Crippen molar-refractivity contribution in [1.82, 2.24) is 5.32 Å². The largest absolute Gasteiger partial charge is 0.481 e. The molecule has 0 spiro atoms. The zero-order chi connectivity index (χ0) is 13.3. The van der Waals surface area contributed by atoms with Gasteiger partial charge in [0.25, 0.3) is 0 Å². The van der Waals surface area contributed by atoms with Crippen LogP contribution in [0.4, 0.5) is 0 Å². The molecule has 0 saturated heterocycles. The zero-order valence-corrected chi connectivity index (χ0v) is 11.3. The number of nitrogens with two attached hydrogens (primary N) is 1. The van der Waals surface area contributed by atoms with E-state index < -0.39 is 12.0 Å². The number of carboxylic acid groups (broad SMARTS) is 1. The third-order valence-corrected chi connectivity index (χ3v) is 3.22. The van der Waals surface area contributed by atoms with Crippen LogP contribution in [0.3, 0.4) is 0 Å². The molecule has 0 aromatic carbocycles. The van der Waals surface area contributed by atoms with Crippen LogP contribution < -0.4 is 11.1 Å². The lowest BCUT2D eigenvalue weighted by Crippen LogP contribution is -2.42. The Morgan fingerprint density at radius 1 is 1.47 bits per heavy atom. The average molecular weight is 262 g/mol. The molecule has 0 aliphatic heterocycles.